The molecular weight excluding hydrogens is 276 g/mol. The van der Waals surface area contributed by atoms with Gasteiger partial charge in [-0.25, -0.2) is 13.1 Å². The highest BCUT2D eigenvalue weighted by Crippen LogP contribution is 2.25. The van der Waals surface area contributed by atoms with Crippen molar-refractivity contribution in [2.24, 2.45) is 11.3 Å². The fourth-order valence-corrected chi connectivity index (χ4v) is 2.57. The Bertz CT molecular complexity index is 518. The zero-order chi connectivity index (χ0) is 15.4. The third kappa shape index (κ3) is 4.61. The van der Waals surface area contributed by atoms with Gasteiger partial charge in [0.25, 0.3) is 10.0 Å². The fourth-order valence-electron chi connectivity index (χ4n) is 1.40. The quantitative estimate of drug-likeness (QED) is 0.773. The molecule has 0 saturated heterocycles. The summed E-state index contributed by atoms with van der Waals surface area (Å²) in [7, 11) is -3.58. The van der Waals surface area contributed by atoms with Crippen LogP contribution >= 0.6 is 0 Å². The molecule has 0 aliphatic carbocycles. The lowest BCUT2D eigenvalue weighted by Gasteiger charge is -2.28. The predicted octanol–water partition coefficient (Wildman–Crippen LogP) is 2.35. The summed E-state index contributed by atoms with van der Waals surface area (Å²) in [5, 5.41) is 3.07. The first kappa shape index (κ1) is 17.2. The standard InChI is InChI=1S/C14H26N2O3S/c1-6-15-9-12-7-8-13(19-12)20(17,18)16-10-14(4,5)11(2)3/h7-8,11,15-16H,6,9-10H2,1-5H3. The van der Waals surface area contributed by atoms with Crippen LogP contribution in [0.25, 0.3) is 0 Å². The molecule has 20 heavy (non-hydrogen) atoms. The van der Waals surface area contributed by atoms with Crippen LogP contribution < -0.4 is 10.0 Å². The van der Waals surface area contributed by atoms with E-state index in [2.05, 4.69) is 23.9 Å². The SMILES string of the molecule is CCNCc1ccc(S(=O)(=O)NCC(C)(C)C(C)C)o1. The van der Waals surface area contributed by atoms with Crippen LogP contribution in [0.15, 0.2) is 21.6 Å². The van der Waals surface area contributed by atoms with Crippen LogP contribution in [-0.4, -0.2) is 21.5 Å². The molecule has 5 nitrogen and oxygen atoms in total. The van der Waals surface area contributed by atoms with E-state index in [0.29, 0.717) is 24.8 Å². The minimum absolute atomic E-state index is 0.0232. The summed E-state index contributed by atoms with van der Waals surface area (Å²) in [5.74, 6) is 1.00. The topological polar surface area (TPSA) is 71.3 Å². The van der Waals surface area contributed by atoms with Crippen molar-refractivity contribution in [3.05, 3.63) is 17.9 Å². The first-order valence-electron chi connectivity index (χ1n) is 6.98. The van der Waals surface area contributed by atoms with Gasteiger partial charge in [0.15, 0.2) is 0 Å². The lowest BCUT2D eigenvalue weighted by atomic mass is 9.81. The maximum atomic E-state index is 12.2. The predicted molar refractivity (Wildman–Crippen MR) is 79.9 cm³/mol. The Balaban J connectivity index is 2.72. The van der Waals surface area contributed by atoms with Gasteiger partial charge in [-0.2, -0.15) is 0 Å². The lowest BCUT2D eigenvalue weighted by molar-refractivity contribution is 0.251. The number of furan rings is 1. The summed E-state index contributed by atoms with van der Waals surface area (Å²) in [5.41, 5.74) is -0.105. The van der Waals surface area contributed by atoms with E-state index in [-0.39, 0.29) is 10.5 Å². The molecule has 0 unspecified atom stereocenters. The Morgan fingerprint density at radius 3 is 2.50 bits per heavy atom. The molecule has 116 valence electrons. The number of hydrogen-bond donors (Lipinski definition) is 2. The molecule has 1 aromatic rings. The smallest absolute Gasteiger partial charge is 0.273 e. The third-order valence-electron chi connectivity index (χ3n) is 3.73. The molecule has 1 aromatic heterocycles. The van der Waals surface area contributed by atoms with E-state index in [9.17, 15) is 8.42 Å². The van der Waals surface area contributed by atoms with Crippen LogP contribution in [0.1, 0.15) is 40.4 Å². The van der Waals surface area contributed by atoms with Gasteiger partial charge in [-0.1, -0.05) is 34.6 Å². The van der Waals surface area contributed by atoms with Crippen LogP contribution in [0.5, 0.6) is 0 Å². The highest BCUT2D eigenvalue weighted by atomic mass is 32.2. The lowest BCUT2D eigenvalue weighted by Crippen LogP contribution is -2.36. The number of sulfonamides is 1. The van der Waals surface area contributed by atoms with Crippen LogP contribution in [-0.2, 0) is 16.6 Å². The minimum atomic E-state index is -3.58. The summed E-state index contributed by atoms with van der Waals surface area (Å²) in [6.45, 7) is 11.9. The normalized spacial score (nSPS) is 13.1. The summed E-state index contributed by atoms with van der Waals surface area (Å²) >= 11 is 0. The van der Waals surface area contributed by atoms with Crippen LogP contribution in [0, 0.1) is 11.3 Å². The van der Waals surface area contributed by atoms with Crippen molar-refractivity contribution in [3.8, 4) is 0 Å². The molecule has 1 rings (SSSR count). The molecule has 0 bridgehead atoms. The largest absolute Gasteiger partial charge is 0.447 e. The van der Waals surface area contributed by atoms with Gasteiger partial charge in [-0.05, 0) is 30.0 Å². The van der Waals surface area contributed by atoms with Crippen molar-refractivity contribution in [2.45, 2.75) is 46.3 Å². The maximum Gasteiger partial charge on any atom is 0.273 e. The summed E-state index contributed by atoms with van der Waals surface area (Å²) in [4.78, 5) is 0. The molecule has 0 aliphatic heterocycles. The Morgan fingerprint density at radius 2 is 1.95 bits per heavy atom. The Morgan fingerprint density at radius 1 is 1.30 bits per heavy atom. The Hall–Kier alpha value is -0.850. The van der Waals surface area contributed by atoms with E-state index in [1.165, 1.54) is 6.07 Å². The van der Waals surface area contributed by atoms with E-state index in [1.54, 1.807) is 6.07 Å². The van der Waals surface area contributed by atoms with Gasteiger partial charge >= 0.3 is 0 Å². The molecule has 2 N–H and O–H groups in total. The Kier molecular flexibility index (Phi) is 5.79. The summed E-state index contributed by atoms with van der Waals surface area (Å²) in [6, 6.07) is 3.18. The summed E-state index contributed by atoms with van der Waals surface area (Å²) < 4.78 is 32.3. The highest BCUT2D eigenvalue weighted by Gasteiger charge is 2.26. The second-order valence-corrected chi connectivity index (χ2v) is 7.67. The van der Waals surface area contributed by atoms with Gasteiger partial charge in [-0.15, -0.1) is 0 Å². The molecule has 6 heteroatoms. The van der Waals surface area contributed by atoms with E-state index in [1.807, 2.05) is 20.8 Å². The second-order valence-electron chi connectivity index (χ2n) is 5.97. The molecule has 0 saturated carbocycles. The average Bonchev–Trinajstić information content (AvgIpc) is 2.83. The van der Waals surface area contributed by atoms with E-state index < -0.39 is 10.0 Å². The monoisotopic (exact) mass is 302 g/mol. The zero-order valence-electron chi connectivity index (χ0n) is 13.0. The van der Waals surface area contributed by atoms with Crippen LogP contribution in [0.4, 0.5) is 0 Å². The molecule has 0 aromatic carbocycles. The van der Waals surface area contributed by atoms with Crippen molar-refractivity contribution in [3.63, 3.8) is 0 Å². The van der Waals surface area contributed by atoms with Crippen molar-refractivity contribution in [1.29, 1.82) is 0 Å². The molecular formula is C14H26N2O3S. The van der Waals surface area contributed by atoms with Crippen LogP contribution in [0.3, 0.4) is 0 Å². The van der Waals surface area contributed by atoms with Crippen LogP contribution in [0.2, 0.25) is 0 Å². The number of rotatable bonds is 8. The van der Waals surface area contributed by atoms with Gasteiger partial charge < -0.3 is 9.73 Å². The average molecular weight is 302 g/mol. The molecule has 0 atom stereocenters. The molecule has 0 fully saturated rings. The molecule has 0 radical (unpaired) electrons. The number of hydrogen-bond acceptors (Lipinski definition) is 4. The highest BCUT2D eigenvalue weighted by molar-refractivity contribution is 7.89. The van der Waals surface area contributed by atoms with Crippen molar-refractivity contribution in [2.75, 3.05) is 13.1 Å². The van der Waals surface area contributed by atoms with Gasteiger partial charge in [0.1, 0.15) is 5.76 Å². The molecule has 0 aliphatic rings. The summed E-state index contributed by atoms with van der Waals surface area (Å²) in [6.07, 6.45) is 0. The second kappa shape index (κ2) is 6.74. The van der Waals surface area contributed by atoms with E-state index in [0.717, 1.165) is 6.54 Å². The molecule has 0 amide bonds. The van der Waals surface area contributed by atoms with Gasteiger partial charge in [0.05, 0.1) is 6.54 Å². The van der Waals surface area contributed by atoms with Crippen molar-refractivity contribution in [1.82, 2.24) is 10.0 Å². The van der Waals surface area contributed by atoms with Crippen molar-refractivity contribution < 1.29 is 12.8 Å². The van der Waals surface area contributed by atoms with Crippen molar-refractivity contribution >= 4 is 10.0 Å². The zero-order valence-corrected chi connectivity index (χ0v) is 13.8. The minimum Gasteiger partial charge on any atom is -0.447 e. The Labute approximate surface area is 122 Å². The molecule has 1 heterocycles. The van der Waals surface area contributed by atoms with E-state index in [4.69, 9.17) is 4.42 Å². The first-order valence-corrected chi connectivity index (χ1v) is 8.46. The number of nitrogens with one attached hydrogen (secondary N) is 2. The van der Waals surface area contributed by atoms with Gasteiger partial charge in [0.2, 0.25) is 5.09 Å². The molecule has 0 spiro atoms. The maximum absolute atomic E-state index is 12.2. The fraction of sp³-hybridized carbons (Fsp3) is 0.714. The van der Waals surface area contributed by atoms with Gasteiger partial charge in [-0.3, -0.25) is 0 Å². The van der Waals surface area contributed by atoms with E-state index >= 15 is 0 Å². The van der Waals surface area contributed by atoms with Gasteiger partial charge in [0, 0.05) is 6.54 Å². The first-order chi connectivity index (χ1) is 9.19. The third-order valence-corrected chi connectivity index (χ3v) is 5.01.